The second-order valence-corrected chi connectivity index (χ2v) is 9.08. The molecule has 3 heterocycles. The van der Waals surface area contributed by atoms with Gasteiger partial charge in [0, 0.05) is 0 Å². The van der Waals surface area contributed by atoms with E-state index >= 15 is 0 Å². The van der Waals surface area contributed by atoms with Crippen molar-refractivity contribution in [3.8, 4) is 0 Å². The van der Waals surface area contributed by atoms with Gasteiger partial charge in [-0.3, -0.25) is 9.89 Å². The fraction of sp³-hybridized carbons (Fsp3) is 0.294. The minimum Gasteiger partial charge on any atom is -0.465 e. The Morgan fingerprint density at radius 3 is 2.93 bits per heavy atom. The van der Waals surface area contributed by atoms with Crippen molar-refractivity contribution < 1.29 is 9.53 Å². The fourth-order valence-electron chi connectivity index (χ4n) is 2.60. The summed E-state index contributed by atoms with van der Waals surface area (Å²) in [7, 11) is 0. The summed E-state index contributed by atoms with van der Waals surface area (Å²) in [5.74, 6) is 0.788. The van der Waals surface area contributed by atoms with Crippen LogP contribution in [0.3, 0.4) is 0 Å². The van der Waals surface area contributed by atoms with Crippen molar-refractivity contribution >= 4 is 68.3 Å². The molecule has 0 aliphatic carbocycles. The van der Waals surface area contributed by atoms with E-state index in [1.807, 2.05) is 28.8 Å². The summed E-state index contributed by atoms with van der Waals surface area (Å²) in [6.07, 6.45) is 0. The number of H-pyrrole nitrogens is 1. The monoisotopic (exact) mass is 447 g/mol. The SMILES string of the molecule is CCOC(=O)CSc1[nH]n2c(nc3ccccc32)c1N=Nc1nnc(SCC)s1. The molecular formula is C17H17N7O2S3. The summed E-state index contributed by atoms with van der Waals surface area (Å²) in [5, 5.41) is 21.2. The van der Waals surface area contributed by atoms with Gasteiger partial charge in [-0.05, 0) is 24.8 Å². The lowest BCUT2D eigenvalue weighted by atomic mass is 10.3. The van der Waals surface area contributed by atoms with Gasteiger partial charge in [0.05, 0.1) is 23.4 Å². The lowest BCUT2D eigenvalue weighted by molar-refractivity contribution is -0.139. The number of aromatic nitrogens is 5. The van der Waals surface area contributed by atoms with E-state index in [9.17, 15) is 4.79 Å². The highest BCUT2D eigenvalue weighted by atomic mass is 32.2. The number of benzene rings is 1. The van der Waals surface area contributed by atoms with Crippen LogP contribution in [-0.2, 0) is 9.53 Å². The number of azo groups is 1. The van der Waals surface area contributed by atoms with Gasteiger partial charge in [0.15, 0.2) is 15.7 Å². The van der Waals surface area contributed by atoms with Gasteiger partial charge in [0.1, 0.15) is 5.03 Å². The molecule has 0 aliphatic heterocycles. The maximum Gasteiger partial charge on any atom is 0.316 e. The minimum atomic E-state index is -0.289. The smallest absolute Gasteiger partial charge is 0.316 e. The van der Waals surface area contributed by atoms with Gasteiger partial charge < -0.3 is 4.74 Å². The third-order valence-corrected chi connectivity index (χ3v) is 6.52. The zero-order chi connectivity index (χ0) is 20.2. The molecule has 0 unspecified atom stereocenters. The first-order valence-corrected chi connectivity index (χ1v) is 11.6. The van der Waals surface area contributed by atoms with E-state index in [1.165, 1.54) is 23.1 Å². The number of carbonyl (C=O) groups excluding carboxylic acids is 1. The Bertz CT molecular complexity index is 1180. The zero-order valence-electron chi connectivity index (χ0n) is 15.7. The average molecular weight is 448 g/mol. The maximum absolute atomic E-state index is 11.8. The van der Waals surface area contributed by atoms with E-state index < -0.39 is 0 Å². The Labute approximate surface area is 178 Å². The number of hydrogen-bond donors (Lipinski definition) is 1. The van der Waals surface area contributed by atoms with Crippen LogP contribution in [0.4, 0.5) is 10.8 Å². The zero-order valence-corrected chi connectivity index (χ0v) is 18.1. The predicted molar refractivity (Wildman–Crippen MR) is 115 cm³/mol. The van der Waals surface area contributed by atoms with Gasteiger partial charge in [-0.15, -0.1) is 20.4 Å². The van der Waals surface area contributed by atoms with Gasteiger partial charge in [-0.1, -0.05) is 53.9 Å². The van der Waals surface area contributed by atoms with E-state index in [1.54, 1.807) is 18.7 Å². The van der Waals surface area contributed by atoms with Crippen molar-refractivity contribution in [3.05, 3.63) is 24.3 Å². The van der Waals surface area contributed by atoms with Crippen LogP contribution < -0.4 is 0 Å². The van der Waals surface area contributed by atoms with E-state index in [2.05, 4.69) is 37.4 Å². The molecule has 0 radical (unpaired) electrons. The first-order chi connectivity index (χ1) is 14.2. The third-order valence-electron chi connectivity index (χ3n) is 3.74. The van der Waals surface area contributed by atoms with Crippen molar-refractivity contribution in [2.75, 3.05) is 18.1 Å². The van der Waals surface area contributed by atoms with Gasteiger partial charge in [-0.25, -0.2) is 9.50 Å². The minimum absolute atomic E-state index is 0.161. The molecule has 12 heteroatoms. The molecule has 29 heavy (non-hydrogen) atoms. The molecule has 1 N–H and O–H groups in total. The van der Waals surface area contributed by atoms with Crippen LogP contribution in [0, 0.1) is 0 Å². The number of hydrogen-bond acceptors (Lipinski definition) is 10. The van der Waals surface area contributed by atoms with E-state index in [4.69, 9.17) is 4.74 Å². The number of nitrogens with one attached hydrogen (secondary N) is 1. The summed E-state index contributed by atoms with van der Waals surface area (Å²) < 4.78 is 7.71. The molecule has 0 aliphatic rings. The number of para-hydroxylation sites is 2. The molecule has 0 saturated heterocycles. The number of esters is 1. The molecule has 3 aromatic heterocycles. The number of fused-ring (bicyclic) bond motifs is 3. The highest BCUT2D eigenvalue weighted by molar-refractivity contribution is 8.01. The van der Waals surface area contributed by atoms with Crippen LogP contribution in [0.1, 0.15) is 13.8 Å². The van der Waals surface area contributed by atoms with Gasteiger partial charge in [0.2, 0.25) is 0 Å². The molecule has 4 aromatic rings. The number of imidazole rings is 1. The summed E-state index contributed by atoms with van der Waals surface area (Å²) >= 11 is 4.29. The molecule has 0 spiro atoms. The number of carbonyl (C=O) groups is 1. The number of aromatic amines is 1. The normalized spacial score (nSPS) is 11.8. The van der Waals surface area contributed by atoms with Gasteiger partial charge in [0.25, 0.3) is 5.13 Å². The van der Waals surface area contributed by atoms with Crippen molar-refractivity contribution in [1.29, 1.82) is 0 Å². The predicted octanol–water partition coefficient (Wildman–Crippen LogP) is 4.85. The molecular weight excluding hydrogens is 430 g/mol. The molecule has 0 amide bonds. The Balaban J connectivity index is 1.70. The first-order valence-electron chi connectivity index (χ1n) is 8.85. The van der Waals surface area contributed by atoms with Crippen LogP contribution >= 0.6 is 34.9 Å². The van der Waals surface area contributed by atoms with Crippen molar-refractivity contribution in [2.45, 2.75) is 23.2 Å². The molecule has 9 nitrogen and oxygen atoms in total. The Hall–Kier alpha value is -2.44. The molecule has 0 bridgehead atoms. The van der Waals surface area contributed by atoms with Crippen LogP contribution in [0.15, 0.2) is 43.9 Å². The quantitative estimate of drug-likeness (QED) is 0.233. The second-order valence-electron chi connectivity index (χ2n) is 5.63. The molecule has 4 rings (SSSR count). The lowest BCUT2D eigenvalue weighted by Crippen LogP contribution is -2.06. The van der Waals surface area contributed by atoms with E-state index in [-0.39, 0.29) is 11.7 Å². The molecule has 150 valence electrons. The maximum atomic E-state index is 11.8. The fourth-order valence-corrected chi connectivity index (χ4v) is 4.93. The Kier molecular flexibility index (Phi) is 6.11. The van der Waals surface area contributed by atoms with Crippen molar-refractivity contribution in [1.82, 2.24) is 24.8 Å². The summed E-state index contributed by atoms with van der Waals surface area (Å²) in [6, 6.07) is 7.77. The number of rotatable bonds is 8. The highest BCUT2D eigenvalue weighted by Crippen LogP contribution is 2.36. The Morgan fingerprint density at radius 1 is 1.24 bits per heavy atom. The number of thioether (sulfide) groups is 2. The second kappa shape index (κ2) is 8.93. The average Bonchev–Trinajstić information content (AvgIpc) is 3.39. The number of nitrogens with zero attached hydrogens (tertiary/aromatic N) is 6. The molecule has 0 atom stereocenters. The summed E-state index contributed by atoms with van der Waals surface area (Å²) in [6.45, 7) is 4.18. The largest absolute Gasteiger partial charge is 0.465 e. The molecule has 0 saturated carbocycles. The third kappa shape index (κ3) is 4.28. The van der Waals surface area contributed by atoms with Crippen LogP contribution in [0.25, 0.3) is 16.7 Å². The van der Waals surface area contributed by atoms with Crippen LogP contribution in [0.2, 0.25) is 0 Å². The standard InChI is InChI=1S/C17H17N7O2S3/c1-3-26-12(25)9-28-15-13(19-20-16-21-22-17(29-16)27-4-2)14-18-10-7-5-6-8-11(10)24(14)23-15/h5-8,23H,3-4,9H2,1-2H3. The number of ether oxygens (including phenoxy) is 1. The van der Waals surface area contributed by atoms with Crippen molar-refractivity contribution in [3.63, 3.8) is 0 Å². The van der Waals surface area contributed by atoms with Gasteiger partial charge >= 0.3 is 5.97 Å². The van der Waals surface area contributed by atoms with E-state index in [0.717, 1.165) is 21.1 Å². The topological polar surface area (TPSA) is 110 Å². The van der Waals surface area contributed by atoms with Crippen molar-refractivity contribution in [2.24, 2.45) is 10.2 Å². The van der Waals surface area contributed by atoms with Crippen LogP contribution in [-0.4, -0.2) is 48.9 Å². The summed E-state index contributed by atoms with van der Waals surface area (Å²) in [5.41, 5.74) is 2.94. The first kappa shape index (κ1) is 19.9. The summed E-state index contributed by atoms with van der Waals surface area (Å²) in [4.78, 5) is 16.4. The van der Waals surface area contributed by atoms with E-state index in [0.29, 0.717) is 28.1 Å². The Morgan fingerprint density at radius 2 is 2.10 bits per heavy atom. The highest BCUT2D eigenvalue weighted by Gasteiger charge is 2.18. The van der Waals surface area contributed by atoms with Crippen LogP contribution in [0.5, 0.6) is 0 Å². The molecule has 1 aromatic carbocycles. The molecule has 0 fully saturated rings. The van der Waals surface area contributed by atoms with Gasteiger partial charge in [-0.2, -0.15) is 0 Å². The lowest BCUT2D eigenvalue weighted by Gasteiger charge is -2.00.